The van der Waals surface area contributed by atoms with E-state index in [9.17, 15) is 4.79 Å². The Kier molecular flexibility index (Phi) is 5.38. The first-order chi connectivity index (χ1) is 9.63. The number of hydrogen-bond donors (Lipinski definition) is 1. The molecule has 0 aliphatic rings. The number of halogens is 2. The molecule has 1 aromatic heterocycles. The van der Waals surface area contributed by atoms with Crippen LogP contribution >= 0.6 is 27.5 Å². The zero-order chi connectivity index (χ0) is 14.5. The summed E-state index contributed by atoms with van der Waals surface area (Å²) in [5.41, 5.74) is 2.53. The molecule has 2 rings (SSSR count). The summed E-state index contributed by atoms with van der Waals surface area (Å²) in [5, 5.41) is 5.26. The van der Waals surface area contributed by atoms with Gasteiger partial charge in [0.05, 0.1) is 16.2 Å². The van der Waals surface area contributed by atoms with Crippen molar-refractivity contribution in [2.24, 2.45) is 0 Å². The van der Waals surface area contributed by atoms with Crippen molar-refractivity contribution < 1.29 is 4.79 Å². The largest absolute Gasteiger partial charge is 0.324 e. The van der Waals surface area contributed by atoms with E-state index in [1.165, 1.54) is 0 Å². The molecule has 0 bridgehead atoms. The summed E-state index contributed by atoms with van der Waals surface area (Å²) in [7, 11) is 0. The molecule has 0 aliphatic carbocycles. The Balaban J connectivity index is 2.27. The number of carbonyl (C=O) groups is 1. The topological polar surface area (TPSA) is 42.0 Å². The normalized spacial score (nSPS) is 10.8. The number of hydrogen-bond acceptors (Lipinski definition) is 2. The van der Waals surface area contributed by atoms with Crippen molar-refractivity contribution in [3.05, 3.63) is 35.0 Å². The highest BCUT2D eigenvalue weighted by molar-refractivity contribution is 9.09. The van der Waals surface area contributed by atoms with Gasteiger partial charge in [0.1, 0.15) is 0 Å². The molecular formula is C15H16BrClN2O. The summed E-state index contributed by atoms with van der Waals surface area (Å²) in [4.78, 5) is 16.3. The van der Waals surface area contributed by atoms with Gasteiger partial charge in [-0.15, -0.1) is 0 Å². The summed E-state index contributed by atoms with van der Waals surface area (Å²) >= 11 is 9.62. The molecule has 0 unspecified atom stereocenters. The summed E-state index contributed by atoms with van der Waals surface area (Å²) in [6.45, 7) is 1.96. The molecule has 0 saturated carbocycles. The lowest BCUT2D eigenvalue weighted by atomic mass is 10.1. The zero-order valence-corrected chi connectivity index (χ0v) is 13.6. The average molecular weight is 356 g/mol. The van der Waals surface area contributed by atoms with Crippen LogP contribution in [-0.4, -0.2) is 16.2 Å². The van der Waals surface area contributed by atoms with Gasteiger partial charge in [0.2, 0.25) is 5.91 Å². The number of rotatable bonds is 5. The van der Waals surface area contributed by atoms with E-state index in [1.807, 2.05) is 25.1 Å². The van der Waals surface area contributed by atoms with Crippen LogP contribution < -0.4 is 5.32 Å². The van der Waals surface area contributed by atoms with Gasteiger partial charge in [-0.05, 0) is 43.5 Å². The third-order valence-electron chi connectivity index (χ3n) is 3.08. The number of aromatic nitrogens is 1. The second-order valence-electron chi connectivity index (χ2n) is 4.64. The quantitative estimate of drug-likeness (QED) is 0.624. The standard InChI is InChI=1S/C15H16BrClN2O/c1-10-9-12(17)15(11-5-4-8-18-14(10)11)19-13(20)6-2-3-7-16/h4-5,8-9H,2-3,6-7H2,1H3,(H,19,20). The van der Waals surface area contributed by atoms with E-state index in [0.717, 1.165) is 34.6 Å². The molecular weight excluding hydrogens is 340 g/mol. The molecule has 2 aromatic rings. The van der Waals surface area contributed by atoms with Crippen LogP contribution in [0.1, 0.15) is 24.8 Å². The molecule has 0 spiro atoms. The van der Waals surface area contributed by atoms with Gasteiger partial charge in [-0.3, -0.25) is 9.78 Å². The number of fused-ring (bicyclic) bond motifs is 1. The van der Waals surface area contributed by atoms with Crippen molar-refractivity contribution in [3.8, 4) is 0 Å². The molecule has 1 amide bonds. The third-order valence-corrected chi connectivity index (χ3v) is 3.94. The monoisotopic (exact) mass is 354 g/mol. The lowest BCUT2D eigenvalue weighted by Gasteiger charge is -2.12. The molecule has 1 aromatic carbocycles. The van der Waals surface area contributed by atoms with Crippen LogP contribution in [0.25, 0.3) is 10.9 Å². The average Bonchev–Trinajstić information content (AvgIpc) is 2.44. The molecule has 3 nitrogen and oxygen atoms in total. The third kappa shape index (κ3) is 3.49. The van der Waals surface area contributed by atoms with Crippen molar-refractivity contribution in [1.29, 1.82) is 0 Å². The Morgan fingerprint density at radius 3 is 3.00 bits per heavy atom. The van der Waals surface area contributed by atoms with Crippen molar-refractivity contribution in [3.63, 3.8) is 0 Å². The lowest BCUT2D eigenvalue weighted by molar-refractivity contribution is -0.116. The fourth-order valence-electron chi connectivity index (χ4n) is 2.09. The summed E-state index contributed by atoms with van der Waals surface area (Å²) < 4.78 is 0. The molecule has 0 atom stereocenters. The van der Waals surface area contributed by atoms with Gasteiger partial charge in [-0.2, -0.15) is 0 Å². The maximum atomic E-state index is 12.0. The lowest BCUT2D eigenvalue weighted by Crippen LogP contribution is -2.12. The van der Waals surface area contributed by atoms with Gasteiger partial charge in [-0.1, -0.05) is 27.5 Å². The van der Waals surface area contributed by atoms with E-state index in [1.54, 1.807) is 6.20 Å². The first-order valence-electron chi connectivity index (χ1n) is 6.53. The Morgan fingerprint density at radius 1 is 1.45 bits per heavy atom. The van der Waals surface area contributed by atoms with Crippen LogP contribution in [0.2, 0.25) is 5.02 Å². The second kappa shape index (κ2) is 7.04. The maximum Gasteiger partial charge on any atom is 0.224 e. The van der Waals surface area contributed by atoms with Crippen LogP contribution in [0.5, 0.6) is 0 Å². The van der Waals surface area contributed by atoms with Gasteiger partial charge in [0, 0.05) is 23.3 Å². The Labute approximate surface area is 131 Å². The Hall–Kier alpha value is -1.13. The predicted octanol–water partition coefficient (Wildman–Crippen LogP) is 4.70. The van der Waals surface area contributed by atoms with E-state index in [0.29, 0.717) is 17.1 Å². The molecule has 1 N–H and O–H groups in total. The SMILES string of the molecule is Cc1cc(Cl)c(NC(=O)CCCCBr)c2cccnc12. The smallest absolute Gasteiger partial charge is 0.224 e. The number of anilines is 1. The minimum atomic E-state index is -0.0122. The number of unbranched alkanes of at least 4 members (excludes halogenated alkanes) is 1. The number of nitrogens with one attached hydrogen (secondary N) is 1. The summed E-state index contributed by atoms with van der Waals surface area (Å²) in [6, 6.07) is 5.61. The molecule has 0 fully saturated rings. The first-order valence-corrected chi connectivity index (χ1v) is 8.03. The van der Waals surface area contributed by atoms with Crippen LogP contribution in [0.4, 0.5) is 5.69 Å². The molecule has 0 saturated heterocycles. The van der Waals surface area contributed by atoms with Gasteiger partial charge >= 0.3 is 0 Å². The minimum Gasteiger partial charge on any atom is -0.324 e. The van der Waals surface area contributed by atoms with Crippen molar-refractivity contribution in [2.45, 2.75) is 26.2 Å². The van der Waals surface area contributed by atoms with Crippen molar-refractivity contribution in [1.82, 2.24) is 4.98 Å². The number of amides is 1. The number of nitrogens with zero attached hydrogens (tertiary/aromatic N) is 1. The van der Waals surface area contributed by atoms with Crippen LogP contribution in [0, 0.1) is 6.92 Å². The zero-order valence-electron chi connectivity index (χ0n) is 11.2. The van der Waals surface area contributed by atoms with E-state index in [2.05, 4.69) is 26.2 Å². The highest BCUT2D eigenvalue weighted by Gasteiger charge is 2.12. The van der Waals surface area contributed by atoms with Crippen molar-refractivity contribution in [2.75, 3.05) is 10.6 Å². The van der Waals surface area contributed by atoms with Gasteiger partial charge in [0.25, 0.3) is 0 Å². The number of carbonyl (C=O) groups excluding carboxylic acids is 1. The van der Waals surface area contributed by atoms with Crippen LogP contribution in [0.15, 0.2) is 24.4 Å². The van der Waals surface area contributed by atoms with E-state index in [-0.39, 0.29) is 5.91 Å². The number of pyridine rings is 1. The minimum absolute atomic E-state index is 0.0122. The summed E-state index contributed by atoms with van der Waals surface area (Å²) in [6.07, 6.45) is 4.08. The van der Waals surface area contributed by atoms with Crippen LogP contribution in [0.3, 0.4) is 0 Å². The van der Waals surface area contributed by atoms with E-state index < -0.39 is 0 Å². The predicted molar refractivity (Wildman–Crippen MR) is 87.8 cm³/mol. The second-order valence-corrected chi connectivity index (χ2v) is 5.84. The first kappa shape index (κ1) is 15.3. The fourth-order valence-corrected chi connectivity index (χ4v) is 2.80. The number of aryl methyl sites for hydroxylation is 1. The number of alkyl halides is 1. The molecule has 0 aliphatic heterocycles. The molecule has 5 heteroatoms. The Bertz CT molecular complexity index is 631. The molecule has 106 valence electrons. The summed E-state index contributed by atoms with van der Waals surface area (Å²) in [5.74, 6) is -0.0122. The fraction of sp³-hybridized carbons (Fsp3) is 0.333. The van der Waals surface area contributed by atoms with E-state index >= 15 is 0 Å². The van der Waals surface area contributed by atoms with Crippen molar-refractivity contribution >= 4 is 50.0 Å². The maximum absolute atomic E-state index is 12.0. The van der Waals surface area contributed by atoms with Gasteiger partial charge < -0.3 is 5.32 Å². The Morgan fingerprint density at radius 2 is 2.25 bits per heavy atom. The van der Waals surface area contributed by atoms with E-state index in [4.69, 9.17) is 11.6 Å². The molecule has 1 heterocycles. The van der Waals surface area contributed by atoms with Gasteiger partial charge in [0.15, 0.2) is 0 Å². The van der Waals surface area contributed by atoms with Crippen LogP contribution in [-0.2, 0) is 4.79 Å². The highest BCUT2D eigenvalue weighted by atomic mass is 79.9. The molecule has 20 heavy (non-hydrogen) atoms. The highest BCUT2D eigenvalue weighted by Crippen LogP contribution is 2.32. The van der Waals surface area contributed by atoms with Gasteiger partial charge in [-0.25, -0.2) is 0 Å². The number of benzene rings is 1. The molecule has 0 radical (unpaired) electrons.